The Morgan fingerprint density at radius 2 is 2.12 bits per heavy atom. The third-order valence-electron chi connectivity index (χ3n) is 3.76. The summed E-state index contributed by atoms with van der Waals surface area (Å²) in [5.74, 6) is 0.259. The Labute approximate surface area is 115 Å². The van der Waals surface area contributed by atoms with E-state index in [2.05, 4.69) is 21.2 Å². The van der Waals surface area contributed by atoms with E-state index in [4.69, 9.17) is 0 Å². The number of hydrogen-bond donors (Lipinski definition) is 1. The van der Waals surface area contributed by atoms with E-state index in [0.717, 1.165) is 22.9 Å². The predicted molar refractivity (Wildman–Crippen MR) is 75.8 cm³/mol. The van der Waals surface area contributed by atoms with E-state index >= 15 is 0 Å². The summed E-state index contributed by atoms with van der Waals surface area (Å²) < 4.78 is 0.939. The summed E-state index contributed by atoms with van der Waals surface area (Å²) in [6, 6.07) is 0. The van der Waals surface area contributed by atoms with Crippen LogP contribution in [0.5, 0.6) is 0 Å². The Morgan fingerprint density at radius 3 is 2.65 bits per heavy atom. The van der Waals surface area contributed by atoms with Gasteiger partial charge in [0.1, 0.15) is 0 Å². The Morgan fingerprint density at radius 1 is 1.41 bits per heavy atom. The van der Waals surface area contributed by atoms with Crippen LogP contribution in [0.3, 0.4) is 0 Å². The van der Waals surface area contributed by atoms with Crippen molar-refractivity contribution < 1.29 is 4.79 Å². The average Bonchev–Trinajstić information content (AvgIpc) is 2.77. The Bertz CT molecular complexity index is 396. The molecule has 0 aliphatic heterocycles. The van der Waals surface area contributed by atoms with Crippen LogP contribution in [0.15, 0.2) is 15.2 Å². The van der Waals surface area contributed by atoms with Gasteiger partial charge in [0.05, 0.1) is 0 Å². The fraction of sp³-hybridized carbons (Fsp3) is 0.615. The Kier molecular flexibility index (Phi) is 4.39. The molecular formula is C13H18BrNOS. The first-order valence-electron chi connectivity index (χ1n) is 6.11. The van der Waals surface area contributed by atoms with Crippen molar-refractivity contribution in [3.05, 3.63) is 20.8 Å². The summed E-state index contributed by atoms with van der Waals surface area (Å²) in [6.07, 6.45) is 6.64. The van der Waals surface area contributed by atoms with Crippen molar-refractivity contribution in [2.24, 2.45) is 0 Å². The molecule has 4 heteroatoms. The lowest BCUT2D eigenvalue weighted by Gasteiger charge is -2.36. The van der Waals surface area contributed by atoms with Gasteiger partial charge in [-0.25, -0.2) is 0 Å². The van der Waals surface area contributed by atoms with E-state index in [9.17, 15) is 4.79 Å². The second-order valence-corrected chi connectivity index (χ2v) is 6.42. The highest BCUT2D eigenvalue weighted by atomic mass is 79.9. The zero-order chi connectivity index (χ0) is 12.3. The third kappa shape index (κ3) is 2.98. The minimum atomic E-state index is 0.0384. The van der Waals surface area contributed by atoms with E-state index < -0.39 is 0 Å². The smallest absolute Gasteiger partial charge is 0.166 e. The van der Waals surface area contributed by atoms with Crippen LogP contribution in [0.2, 0.25) is 0 Å². The van der Waals surface area contributed by atoms with Gasteiger partial charge in [-0.1, -0.05) is 19.3 Å². The number of halogens is 1. The zero-order valence-electron chi connectivity index (χ0n) is 10.1. The first kappa shape index (κ1) is 13.2. The molecule has 0 bridgehead atoms. The standard InChI is InChI=1S/C13H18BrNOS/c1-15-13(5-3-2-4-6-13)7-12(16)10-8-17-9-11(10)14/h8-9,15H,2-7H2,1H3. The largest absolute Gasteiger partial charge is 0.314 e. The molecule has 0 amide bonds. The summed E-state index contributed by atoms with van der Waals surface area (Å²) in [5, 5.41) is 7.31. The first-order valence-corrected chi connectivity index (χ1v) is 7.84. The molecule has 0 unspecified atom stereocenters. The van der Waals surface area contributed by atoms with E-state index in [1.807, 2.05) is 17.8 Å². The number of ketones is 1. The van der Waals surface area contributed by atoms with Crippen LogP contribution in [-0.4, -0.2) is 18.4 Å². The van der Waals surface area contributed by atoms with Crippen molar-refractivity contribution in [3.63, 3.8) is 0 Å². The normalized spacial score (nSPS) is 19.2. The molecule has 2 nitrogen and oxygen atoms in total. The maximum Gasteiger partial charge on any atom is 0.166 e. The molecule has 0 aromatic carbocycles. The predicted octanol–water partition coefficient (Wildman–Crippen LogP) is 4.01. The van der Waals surface area contributed by atoms with Gasteiger partial charge in [0.15, 0.2) is 5.78 Å². The van der Waals surface area contributed by atoms with Gasteiger partial charge in [-0.2, -0.15) is 11.3 Å². The van der Waals surface area contributed by atoms with E-state index in [1.54, 1.807) is 11.3 Å². The van der Waals surface area contributed by atoms with E-state index in [0.29, 0.717) is 6.42 Å². The van der Waals surface area contributed by atoms with Crippen LogP contribution in [0, 0.1) is 0 Å². The van der Waals surface area contributed by atoms with Crippen molar-refractivity contribution >= 4 is 33.0 Å². The topological polar surface area (TPSA) is 29.1 Å². The molecule has 1 fully saturated rings. The molecule has 0 radical (unpaired) electrons. The summed E-state index contributed by atoms with van der Waals surface area (Å²) in [6.45, 7) is 0. The number of carbonyl (C=O) groups excluding carboxylic acids is 1. The van der Waals surface area contributed by atoms with E-state index in [-0.39, 0.29) is 11.3 Å². The molecule has 1 heterocycles. The molecule has 17 heavy (non-hydrogen) atoms. The number of thiophene rings is 1. The number of hydrogen-bond acceptors (Lipinski definition) is 3. The maximum absolute atomic E-state index is 12.3. The minimum Gasteiger partial charge on any atom is -0.314 e. The monoisotopic (exact) mass is 315 g/mol. The summed E-state index contributed by atoms with van der Waals surface area (Å²) in [4.78, 5) is 12.3. The van der Waals surface area contributed by atoms with Crippen LogP contribution in [0.25, 0.3) is 0 Å². The zero-order valence-corrected chi connectivity index (χ0v) is 12.5. The van der Waals surface area contributed by atoms with Gasteiger partial charge in [-0.05, 0) is 35.8 Å². The van der Waals surface area contributed by atoms with Crippen LogP contribution in [0.1, 0.15) is 48.9 Å². The number of Topliss-reactive ketones (excluding diaryl/α,β-unsaturated/α-hetero) is 1. The molecule has 94 valence electrons. The molecule has 1 aromatic heterocycles. The lowest BCUT2D eigenvalue weighted by atomic mass is 9.78. The van der Waals surface area contributed by atoms with Gasteiger partial charge in [0, 0.05) is 32.8 Å². The van der Waals surface area contributed by atoms with Gasteiger partial charge in [-0.15, -0.1) is 0 Å². The van der Waals surface area contributed by atoms with Gasteiger partial charge < -0.3 is 5.32 Å². The molecular weight excluding hydrogens is 298 g/mol. The average molecular weight is 316 g/mol. The van der Waals surface area contributed by atoms with Crippen molar-refractivity contribution in [2.75, 3.05) is 7.05 Å². The molecule has 1 aliphatic rings. The van der Waals surface area contributed by atoms with Gasteiger partial charge in [-0.3, -0.25) is 4.79 Å². The number of rotatable bonds is 4. The van der Waals surface area contributed by atoms with Crippen molar-refractivity contribution in [2.45, 2.75) is 44.1 Å². The molecule has 0 spiro atoms. The van der Waals surface area contributed by atoms with Crippen molar-refractivity contribution in [1.29, 1.82) is 0 Å². The molecule has 1 aliphatic carbocycles. The lowest BCUT2D eigenvalue weighted by Crippen LogP contribution is -2.46. The molecule has 1 N–H and O–H groups in total. The maximum atomic E-state index is 12.3. The SMILES string of the molecule is CNC1(CC(=O)c2cscc2Br)CCCCC1. The van der Waals surface area contributed by atoms with Gasteiger partial charge in [0.25, 0.3) is 0 Å². The van der Waals surface area contributed by atoms with Gasteiger partial charge in [0.2, 0.25) is 0 Å². The van der Waals surface area contributed by atoms with Crippen molar-refractivity contribution in [3.8, 4) is 0 Å². The number of nitrogens with one attached hydrogen (secondary N) is 1. The Hall–Kier alpha value is -0.190. The van der Waals surface area contributed by atoms with Crippen LogP contribution >= 0.6 is 27.3 Å². The summed E-state index contributed by atoms with van der Waals surface area (Å²) in [7, 11) is 1.99. The minimum absolute atomic E-state index is 0.0384. The molecule has 0 saturated heterocycles. The quantitative estimate of drug-likeness (QED) is 0.851. The highest BCUT2D eigenvalue weighted by Gasteiger charge is 2.33. The van der Waals surface area contributed by atoms with Crippen LogP contribution < -0.4 is 5.32 Å². The highest BCUT2D eigenvalue weighted by Crippen LogP contribution is 2.33. The van der Waals surface area contributed by atoms with Crippen LogP contribution in [-0.2, 0) is 0 Å². The fourth-order valence-electron chi connectivity index (χ4n) is 2.63. The van der Waals surface area contributed by atoms with Crippen molar-refractivity contribution in [1.82, 2.24) is 5.32 Å². The second kappa shape index (κ2) is 5.63. The molecule has 2 rings (SSSR count). The third-order valence-corrected chi connectivity index (χ3v) is 5.46. The van der Waals surface area contributed by atoms with E-state index in [1.165, 1.54) is 19.3 Å². The summed E-state index contributed by atoms with van der Waals surface area (Å²) >= 11 is 5.02. The Balaban J connectivity index is 2.08. The second-order valence-electron chi connectivity index (χ2n) is 4.82. The number of carbonyl (C=O) groups is 1. The summed E-state index contributed by atoms with van der Waals surface area (Å²) in [5.41, 5.74) is 0.881. The molecule has 0 atom stereocenters. The van der Waals surface area contributed by atoms with Gasteiger partial charge >= 0.3 is 0 Å². The lowest BCUT2D eigenvalue weighted by molar-refractivity contribution is 0.0914. The molecule has 1 aromatic rings. The first-order chi connectivity index (χ1) is 8.17. The van der Waals surface area contributed by atoms with Crippen LogP contribution in [0.4, 0.5) is 0 Å². The highest BCUT2D eigenvalue weighted by molar-refractivity contribution is 9.10. The fourth-order valence-corrected chi connectivity index (χ4v) is 4.15. The molecule has 1 saturated carbocycles.